The summed E-state index contributed by atoms with van der Waals surface area (Å²) < 4.78 is 0. The smallest absolute Gasteiger partial charge is 0.246 e. The maximum Gasteiger partial charge on any atom is 0.246 e. The van der Waals surface area contributed by atoms with Crippen LogP contribution in [-0.2, 0) is 4.79 Å². The molecule has 2 aromatic heterocycles. The summed E-state index contributed by atoms with van der Waals surface area (Å²) >= 11 is 12.0. The van der Waals surface area contributed by atoms with E-state index in [1.165, 1.54) is 23.8 Å². The summed E-state index contributed by atoms with van der Waals surface area (Å²) in [4.78, 5) is 25.0. The van der Waals surface area contributed by atoms with Gasteiger partial charge in [0.05, 0.1) is 10.0 Å². The Bertz CT molecular complexity index is 1180. The second kappa shape index (κ2) is 11.8. The van der Waals surface area contributed by atoms with Crippen LogP contribution in [0.25, 0.3) is 17.1 Å². The van der Waals surface area contributed by atoms with E-state index in [0.717, 1.165) is 56.8 Å². The number of halogens is 3. The molecule has 4 heterocycles. The first-order valence-corrected chi connectivity index (χ1v) is 12.9. The van der Waals surface area contributed by atoms with Gasteiger partial charge in [-0.25, -0.2) is 4.98 Å². The van der Waals surface area contributed by atoms with Gasteiger partial charge in [-0.05, 0) is 92.1 Å². The number of amides is 1. The first-order valence-electron chi connectivity index (χ1n) is 12.1. The number of carbonyl (C=O) groups excluding carboxylic acids is 1. The maximum absolute atomic E-state index is 12.6. The number of nitrogens with zero attached hydrogens (tertiary/aromatic N) is 3. The molecule has 0 bridgehead atoms. The lowest BCUT2D eigenvalue weighted by molar-refractivity contribution is -0.127. The van der Waals surface area contributed by atoms with Crippen LogP contribution in [0.4, 0.5) is 0 Å². The SMILES string of the molecule is Cl.O=C(/C=C/c1ccc(Cl)c(Cl)c1)N1CCC(CN2CCC(c3c[nH]c4ncccc34)CC2)CC1. The number of nitrogens with one attached hydrogen (secondary N) is 1. The molecule has 8 heteroatoms. The largest absolute Gasteiger partial charge is 0.346 e. The first-order chi connectivity index (χ1) is 16.6. The molecule has 2 aliphatic rings. The van der Waals surface area contributed by atoms with Gasteiger partial charge in [0.2, 0.25) is 5.91 Å². The number of benzene rings is 1. The molecule has 0 saturated carbocycles. The van der Waals surface area contributed by atoms with E-state index in [9.17, 15) is 4.79 Å². The molecule has 0 unspecified atom stereocenters. The van der Waals surface area contributed by atoms with Crippen molar-refractivity contribution in [2.45, 2.75) is 31.6 Å². The Morgan fingerprint density at radius 2 is 1.83 bits per heavy atom. The zero-order chi connectivity index (χ0) is 23.5. The monoisotopic (exact) mass is 532 g/mol. The molecule has 5 nitrogen and oxygen atoms in total. The van der Waals surface area contributed by atoms with Gasteiger partial charge in [-0.3, -0.25) is 4.79 Å². The van der Waals surface area contributed by atoms with Crippen molar-refractivity contribution in [3.8, 4) is 0 Å². The number of fused-ring (bicyclic) bond motifs is 1. The third kappa shape index (κ3) is 6.21. The third-order valence-corrected chi connectivity index (χ3v) is 8.05. The molecule has 35 heavy (non-hydrogen) atoms. The molecule has 2 saturated heterocycles. The summed E-state index contributed by atoms with van der Waals surface area (Å²) in [6.07, 6.45) is 12.0. The number of H-pyrrole nitrogens is 1. The van der Waals surface area contributed by atoms with Gasteiger partial charge in [-0.15, -0.1) is 12.4 Å². The molecular weight excluding hydrogens is 503 g/mol. The summed E-state index contributed by atoms with van der Waals surface area (Å²) in [7, 11) is 0. The zero-order valence-electron chi connectivity index (χ0n) is 19.6. The minimum Gasteiger partial charge on any atom is -0.346 e. The molecule has 2 fully saturated rings. The van der Waals surface area contributed by atoms with Crippen LogP contribution in [0.2, 0.25) is 10.0 Å². The fourth-order valence-corrected chi connectivity index (χ4v) is 5.64. The molecule has 5 rings (SSSR count). The predicted octanol–water partition coefficient (Wildman–Crippen LogP) is 6.42. The molecule has 2 aliphatic heterocycles. The van der Waals surface area contributed by atoms with Crippen LogP contribution < -0.4 is 0 Å². The van der Waals surface area contributed by atoms with E-state index in [-0.39, 0.29) is 18.3 Å². The van der Waals surface area contributed by atoms with Crippen molar-refractivity contribution in [1.29, 1.82) is 0 Å². The van der Waals surface area contributed by atoms with Gasteiger partial charge < -0.3 is 14.8 Å². The Hall–Kier alpha value is -2.05. The van der Waals surface area contributed by atoms with Gasteiger partial charge in [0.1, 0.15) is 5.65 Å². The van der Waals surface area contributed by atoms with Crippen molar-refractivity contribution in [3.63, 3.8) is 0 Å². The van der Waals surface area contributed by atoms with E-state index in [1.807, 2.05) is 29.3 Å². The highest BCUT2D eigenvalue weighted by Crippen LogP contribution is 2.33. The topological polar surface area (TPSA) is 52.2 Å². The van der Waals surface area contributed by atoms with Crippen molar-refractivity contribution < 1.29 is 4.79 Å². The van der Waals surface area contributed by atoms with Crippen LogP contribution >= 0.6 is 35.6 Å². The normalized spacial score (nSPS) is 18.3. The minimum atomic E-state index is 0. The highest BCUT2D eigenvalue weighted by Gasteiger charge is 2.27. The number of aromatic amines is 1. The number of aromatic nitrogens is 2. The lowest BCUT2D eigenvalue weighted by Gasteiger charge is -2.37. The molecule has 0 aliphatic carbocycles. The van der Waals surface area contributed by atoms with Gasteiger partial charge >= 0.3 is 0 Å². The molecule has 1 N–H and O–H groups in total. The van der Waals surface area contributed by atoms with Crippen molar-refractivity contribution >= 4 is 58.6 Å². The highest BCUT2D eigenvalue weighted by atomic mass is 35.5. The summed E-state index contributed by atoms with van der Waals surface area (Å²) in [5.74, 6) is 1.34. The number of pyridine rings is 1. The number of piperidine rings is 2. The molecular formula is C27H31Cl3N4O. The highest BCUT2D eigenvalue weighted by molar-refractivity contribution is 6.42. The summed E-state index contributed by atoms with van der Waals surface area (Å²) in [5, 5.41) is 2.29. The van der Waals surface area contributed by atoms with Crippen LogP contribution in [0.5, 0.6) is 0 Å². The van der Waals surface area contributed by atoms with Crippen LogP contribution in [0.15, 0.2) is 48.8 Å². The van der Waals surface area contributed by atoms with Gasteiger partial charge in [0.15, 0.2) is 0 Å². The van der Waals surface area contributed by atoms with Crippen LogP contribution in [0.1, 0.15) is 42.7 Å². The third-order valence-electron chi connectivity index (χ3n) is 7.32. The Morgan fingerprint density at radius 3 is 2.57 bits per heavy atom. The lowest BCUT2D eigenvalue weighted by Crippen LogP contribution is -2.42. The van der Waals surface area contributed by atoms with Crippen LogP contribution in [-0.4, -0.2) is 58.4 Å². The summed E-state index contributed by atoms with van der Waals surface area (Å²) in [5.41, 5.74) is 3.29. The van der Waals surface area contributed by atoms with E-state index >= 15 is 0 Å². The van der Waals surface area contributed by atoms with Crippen LogP contribution in [0.3, 0.4) is 0 Å². The van der Waals surface area contributed by atoms with Crippen molar-refractivity contribution in [3.05, 3.63) is 70.0 Å². The molecule has 3 aromatic rings. The lowest BCUT2D eigenvalue weighted by atomic mass is 9.88. The van der Waals surface area contributed by atoms with Crippen molar-refractivity contribution in [2.24, 2.45) is 5.92 Å². The molecule has 0 radical (unpaired) electrons. The van der Waals surface area contributed by atoms with Gasteiger partial charge in [0, 0.05) is 43.5 Å². The van der Waals surface area contributed by atoms with Gasteiger partial charge in [-0.1, -0.05) is 29.3 Å². The quantitative estimate of drug-likeness (QED) is 0.385. The fourth-order valence-electron chi connectivity index (χ4n) is 5.33. The summed E-state index contributed by atoms with van der Waals surface area (Å²) in [6, 6.07) is 9.59. The second-order valence-corrected chi connectivity index (χ2v) is 10.3. The predicted molar refractivity (Wildman–Crippen MR) is 147 cm³/mol. The van der Waals surface area contributed by atoms with Gasteiger partial charge in [-0.2, -0.15) is 0 Å². The fraction of sp³-hybridized carbons (Fsp3) is 0.407. The van der Waals surface area contributed by atoms with Crippen LogP contribution in [0, 0.1) is 5.92 Å². The maximum atomic E-state index is 12.6. The first kappa shape index (κ1) is 26.0. The van der Waals surface area contributed by atoms with E-state index in [4.69, 9.17) is 23.2 Å². The Labute approximate surface area is 222 Å². The van der Waals surface area contributed by atoms with E-state index in [1.54, 1.807) is 18.2 Å². The Morgan fingerprint density at radius 1 is 1.06 bits per heavy atom. The van der Waals surface area contributed by atoms with Crippen molar-refractivity contribution in [1.82, 2.24) is 19.8 Å². The van der Waals surface area contributed by atoms with Crippen molar-refractivity contribution in [2.75, 3.05) is 32.7 Å². The van der Waals surface area contributed by atoms with E-state index in [2.05, 4.69) is 27.1 Å². The standard InChI is InChI=1S/C27H30Cl2N4O.ClH/c28-24-5-3-19(16-25(24)29)4-6-26(34)33-14-7-20(8-15-33)18-32-12-9-21(10-13-32)23-17-31-27-22(23)2-1-11-30-27;/h1-6,11,16-17,20-21H,7-10,12-15,18H2,(H,30,31);1H/b6-4+;. The molecule has 1 amide bonds. The minimum absolute atomic E-state index is 0. The zero-order valence-corrected chi connectivity index (χ0v) is 22.0. The van der Waals surface area contributed by atoms with E-state index < -0.39 is 0 Å². The second-order valence-electron chi connectivity index (χ2n) is 9.49. The number of rotatable bonds is 5. The summed E-state index contributed by atoms with van der Waals surface area (Å²) in [6.45, 7) is 5.08. The Kier molecular flexibility index (Phi) is 8.77. The average Bonchev–Trinajstić information content (AvgIpc) is 3.30. The number of hydrogen-bond donors (Lipinski definition) is 1. The molecule has 186 valence electrons. The number of carbonyl (C=O) groups is 1. The average molecular weight is 534 g/mol. The Balaban J connectivity index is 0.00000289. The number of likely N-dealkylation sites (tertiary alicyclic amines) is 2. The molecule has 0 atom stereocenters. The molecule has 1 aromatic carbocycles. The van der Waals surface area contributed by atoms with Gasteiger partial charge in [0.25, 0.3) is 0 Å². The molecule has 0 spiro atoms. The van der Waals surface area contributed by atoms with E-state index in [0.29, 0.717) is 21.9 Å². The number of hydrogen-bond acceptors (Lipinski definition) is 3.